The van der Waals surface area contributed by atoms with E-state index in [4.69, 9.17) is 5.73 Å². The predicted octanol–water partition coefficient (Wildman–Crippen LogP) is 2.49. The summed E-state index contributed by atoms with van der Waals surface area (Å²) < 4.78 is 0. The average molecular weight is 264 g/mol. The molecule has 0 saturated carbocycles. The molecule has 0 heterocycles. The molecule has 18 heavy (non-hydrogen) atoms. The third kappa shape index (κ3) is 4.55. The Morgan fingerprint density at radius 1 is 1.56 bits per heavy atom. The van der Waals surface area contributed by atoms with E-state index in [-0.39, 0.29) is 17.2 Å². The van der Waals surface area contributed by atoms with Crippen LogP contribution in [-0.4, -0.2) is 17.7 Å². The SMILES string of the molecule is C=CCNC(=O)C(C)Sc1cccc(C(C)N)c1. The lowest BCUT2D eigenvalue weighted by atomic mass is 10.1. The Bertz CT molecular complexity index is 418. The van der Waals surface area contributed by atoms with E-state index in [9.17, 15) is 4.79 Å². The van der Waals surface area contributed by atoms with Crippen LogP contribution in [0, 0.1) is 0 Å². The summed E-state index contributed by atoms with van der Waals surface area (Å²) in [5.74, 6) is 0.0195. The van der Waals surface area contributed by atoms with E-state index in [1.807, 2.05) is 38.1 Å². The van der Waals surface area contributed by atoms with Crippen LogP contribution in [0.3, 0.4) is 0 Å². The number of rotatable bonds is 6. The Labute approximate surface area is 113 Å². The van der Waals surface area contributed by atoms with Gasteiger partial charge in [-0.15, -0.1) is 18.3 Å². The summed E-state index contributed by atoms with van der Waals surface area (Å²) in [6.07, 6.45) is 1.67. The molecule has 98 valence electrons. The molecular formula is C14H20N2OS. The maximum absolute atomic E-state index is 11.7. The van der Waals surface area contributed by atoms with Gasteiger partial charge in [-0.3, -0.25) is 4.79 Å². The van der Waals surface area contributed by atoms with Crippen LogP contribution in [0.1, 0.15) is 25.5 Å². The molecule has 0 aliphatic rings. The molecule has 0 aliphatic heterocycles. The molecular weight excluding hydrogens is 244 g/mol. The molecule has 1 aromatic rings. The summed E-state index contributed by atoms with van der Waals surface area (Å²) in [5, 5.41) is 2.66. The molecule has 3 nitrogen and oxygen atoms in total. The highest BCUT2D eigenvalue weighted by molar-refractivity contribution is 8.00. The molecule has 0 saturated heterocycles. The minimum atomic E-state index is -0.131. The fourth-order valence-electron chi connectivity index (χ4n) is 1.45. The van der Waals surface area contributed by atoms with Gasteiger partial charge >= 0.3 is 0 Å². The van der Waals surface area contributed by atoms with E-state index < -0.39 is 0 Å². The van der Waals surface area contributed by atoms with Crippen molar-refractivity contribution >= 4 is 17.7 Å². The zero-order valence-electron chi connectivity index (χ0n) is 10.8. The smallest absolute Gasteiger partial charge is 0.233 e. The summed E-state index contributed by atoms with van der Waals surface area (Å²) >= 11 is 1.53. The third-order valence-electron chi connectivity index (χ3n) is 2.49. The van der Waals surface area contributed by atoms with Crippen molar-refractivity contribution in [1.29, 1.82) is 0 Å². The first-order valence-corrected chi connectivity index (χ1v) is 6.83. The van der Waals surface area contributed by atoms with Gasteiger partial charge in [0.1, 0.15) is 0 Å². The molecule has 4 heteroatoms. The molecule has 0 aliphatic carbocycles. The van der Waals surface area contributed by atoms with Crippen LogP contribution >= 0.6 is 11.8 Å². The lowest BCUT2D eigenvalue weighted by Gasteiger charge is -2.12. The van der Waals surface area contributed by atoms with Crippen molar-refractivity contribution in [3.8, 4) is 0 Å². The normalized spacial score (nSPS) is 13.7. The van der Waals surface area contributed by atoms with Crippen molar-refractivity contribution in [2.45, 2.75) is 30.0 Å². The molecule has 3 N–H and O–H groups in total. The molecule has 0 fully saturated rings. The van der Waals surface area contributed by atoms with Gasteiger partial charge in [-0.05, 0) is 31.5 Å². The van der Waals surface area contributed by atoms with Crippen molar-refractivity contribution in [2.24, 2.45) is 5.73 Å². The van der Waals surface area contributed by atoms with E-state index >= 15 is 0 Å². The fourth-order valence-corrected chi connectivity index (χ4v) is 2.41. The van der Waals surface area contributed by atoms with Crippen LogP contribution in [0.2, 0.25) is 0 Å². The number of hydrogen-bond acceptors (Lipinski definition) is 3. The van der Waals surface area contributed by atoms with Crippen molar-refractivity contribution < 1.29 is 4.79 Å². The minimum Gasteiger partial charge on any atom is -0.352 e. The summed E-state index contributed by atoms with van der Waals surface area (Å²) in [5.41, 5.74) is 6.92. The van der Waals surface area contributed by atoms with Gasteiger partial charge in [0.2, 0.25) is 5.91 Å². The fraction of sp³-hybridized carbons (Fsp3) is 0.357. The van der Waals surface area contributed by atoms with E-state index in [0.717, 1.165) is 10.5 Å². The monoisotopic (exact) mass is 264 g/mol. The zero-order valence-corrected chi connectivity index (χ0v) is 11.7. The zero-order chi connectivity index (χ0) is 13.5. The molecule has 2 atom stereocenters. The molecule has 0 spiro atoms. The summed E-state index contributed by atoms with van der Waals surface area (Å²) in [6, 6.07) is 8.00. The van der Waals surface area contributed by atoms with Crippen LogP contribution < -0.4 is 11.1 Å². The molecule has 0 aromatic heterocycles. The second kappa shape index (κ2) is 7.24. The highest BCUT2D eigenvalue weighted by atomic mass is 32.2. The van der Waals surface area contributed by atoms with Crippen molar-refractivity contribution in [1.82, 2.24) is 5.32 Å². The Balaban J connectivity index is 2.63. The molecule has 1 aromatic carbocycles. The Morgan fingerprint density at radius 2 is 2.28 bits per heavy atom. The average Bonchev–Trinajstić information content (AvgIpc) is 2.36. The number of nitrogens with two attached hydrogens (primary N) is 1. The summed E-state index contributed by atoms with van der Waals surface area (Å²) in [4.78, 5) is 12.8. The molecule has 1 rings (SSSR count). The topological polar surface area (TPSA) is 55.1 Å². The standard InChI is InChI=1S/C14H20N2OS/c1-4-8-16-14(17)11(3)18-13-7-5-6-12(9-13)10(2)15/h4-7,9-11H,1,8,15H2,2-3H3,(H,16,17). The van der Waals surface area contributed by atoms with Crippen LogP contribution in [0.5, 0.6) is 0 Å². The lowest BCUT2D eigenvalue weighted by Crippen LogP contribution is -2.30. The Kier molecular flexibility index (Phi) is 5.95. The lowest BCUT2D eigenvalue weighted by molar-refractivity contribution is -0.120. The van der Waals surface area contributed by atoms with Gasteiger partial charge in [0, 0.05) is 17.5 Å². The first-order chi connectivity index (χ1) is 8.54. The number of carbonyl (C=O) groups is 1. The van der Waals surface area contributed by atoms with Gasteiger partial charge in [0.25, 0.3) is 0 Å². The highest BCUT2D eigenvalue weighted by Crippen LogP contribution is 2.25. The Hall–Kier alpha value is -1.26. The first-order valence-electron chi connectivity index (χ1n) is 5.95. The second-order valence-corrected chi connectivity index (χ2v) is 5.57. The highest BCUT2D eigenvalue weighted by Gasteiger charge is 2.13. The maximum Gasteiger partial charge on any atom is 0.233 e. The van der Waals surface area contributed by atoms with Crippen LogP contribution in [0.4, 0.5) is 0 Å². The van der Waals surface area contributed by atoms with Gasteiger partial charge in [-0.25, -0.2) is 0 Å². The number of hydrogen-bond donors (Lipinski definition) is 2. The third-order valence-corrected chi connectivity index (χ3v) is 3.58. The van der Waals surface area contributed by atoms with Crippen molar-refractivity contribution in [2.75, 3.05) is 6.54 Å². The largest absolute Gasteiger partial charge is 0.352 e. The van der Waals surface area contributed by atoms with Crippen molar-refractivity contribution in [3.05, 3.63) is 42.5 Å². The number of nitrogens with one attached hydrogen (secondary N) is 1. The van der Waals surface area contributed by atoms with Gasteiger partial charge in [0.05, 0.1) is 5.25 Å². The summed E-state index contributed by atoms with van der Waals surface area (Å²) in [6.45, 7) is 7.91. The summed E-state index contributed by atoms with van der Waals surface area (Å²) in [7, 11) is 0. The van der Waals surface area contributed by atoms with E-state index in [1.165, 1.54) is 11.8 Å². The van der Waals surface area contributed by atoms with Crippen LogP contribution in [0.25, 0.3) is 0 Å². The van der Waals surface area contributed by atoms with E-state index in [0.29, 0.717) is 6.54 Å². The quantitative estimate of drug-likeness (QED) is 0.613. The molecule has 0 bridgehead atoms. The van der Waals surface area contributed by atoms with Crippen LogP contribution in [0.15, 0.2) is 41.8 Å². The second-order valence-electron chi connectivity index (χ2n) is 4.16. The van der Waals surface area contributed by atoms with E-state index in [2.05, 4.69) is 11.9 Å². The van der Waals surface area contributed by atoms with Gasteiger partial charge in [-0.1, -0.05) is 18.2 Å². The van der Waals surface area contributed by atoms with E-state index in [1.54, 1.807) is 6.08 Å². The Morgan fingerprint density at radius 3 is 2.89 bits per heavy atom. The van der Waals surface area contributed by atoms with Crippen LogP contribution in [-0.2, 0) is 4.79 Å². The van der Waals surface area contributed by atoms with Gasteiger partial charge in [-0.2, -0.15) is 0 Å². The van der Waals surface area contributed by atoms with Crippen molar-refractivity contribution in [3.63, 3.8) is 0 Å². The molecule has 0 radical (unpaired) electrons. The molecule has 2 unspecified atom stereocenters. The minimum absolute atomic E-state index is 0.00967. The number of thioether (sulfide) groups is 1. The molecule has 1 amide bonds. The predicted molar refractivity (Wildman–Crippen MR) is 77.6 cm³/mol. The van der Waals surface area contributed by atoms with Gasteiger partial charge in [0.15, 0.2) is 0 Å². The first kappa shape index (κ1) is 14.8. The number of carbonyl (C=O) groups excluding carboxylic acids is 1. The maximum atomic E-state index is 11.7. The number of amides is 1. The number of benzene rings is 1. The van der Waals surface area contributed by atoms with Gasteiger partial charge < -0.3 is 11.1 Å².